The molecule has 0 radical (unpaired) electrons. The van der Waals surface area contributed by atoms with Gasteiger partial charge < -0.3 is 9.64 Å². The van der Waals surface area contributed by atoms with E-state index in [1.54, 1.807) is 0 Å². The van der Waals surface area contributed by atoms with Crippen LogP contribution >= 0.6 is 0 Å². The number of hydrogen-bond donors (Lipinski definition) is 2. The molecule has 0 bridgehead atoms. The molecule has 1 rings (SSSR count). The van der Waals surface area contributed by atoms with Crippen LogP contribution in [0.5, 0.6) is 0 Å². The first-order valence-corrected chi connectivity index (χ1v) is 6.39. The van der Waals surface area contributed by atoms with Crippen molar-refractivity contribution in [2.75, 3.05) is 26.7 Å². The average molecular weight is 229 g/mol. The van der Waals surface area contributed by atoms with Crippen LogP contribution in [0.4, 0.5) is 0 Å². The summed E-state index contributed by atoms with van der Waals surface area (Å²) in [4.78, 5) is 2.31. The molecule has 1 saturated heterocycles. The second kappa shape index (κ2) is 7.22. The molecule has 0 aromatic rings. The zero-order chi connectivity index (χ0) is 12.0. The van der Waals surface area contributed by atoms with Crippen LogP contribution in [0.15, 0.2) is 0 Å². The molecule has 2 atom stereocenters. The van der Waals surface area contributed by atoms with E-state index in [2.05, 4.69) is 31.2 Å². The van der Waals surface area contributed by atoms with E-state index >= 15 is 0 Å². The third-order valence-electron chi connectivity index (χ3n) is 3.26. The van der Waals surface area contributed by atoms with E-state index in [4.69, 9.17) is 10.6 Å². The lowest BCUT2D eigenvalue weighted by Crippen LogP contribution is -2.53. The Labute approximate surface area is 99.5 Å². The Bertz CT molecular complexity index is 187. The molecule has 16 heavy (non-hydrogen) atoms. The number of nitrogens with two attached hydrogens (primary N) is 1. The molecule has 0 aliphatic carbocycles. The van der Waals surface area contributed by atoms with Crippen LogP contribution in [0.1, 0.15) is 33.1 Å². The van der Waals surface area contributed by atoms with Crippen molar-refractivity contribution in [3.63, 3.8) is 0 Å². The molecule has 4 nitrogen and oxygen atoms in total. The molecule has 4 heteroatoms. The monoisotopic (exact) mass is 229 g/mol. The van der Waals surface area contributed by atoms with Gasteiger partial charge in [-0.1, -0.05) is 26.7 Å². The molecule has 96 valence electrons. The van der Waals surface area contributed by atoms with Gasteiger partial charge >= 0.3 is 0 Å². The van der Waals surface area contributed by atoms with Gasteiger partial charge in [0.1, 0.15) is 0 Å². The molecular formula is C12H27N3O. The second-order valence-electron chi connectivity index (χ2n) is 5.27. The summed E-state index contributed by atoms with van der Waals surface area (Å²) < 4.78 is 5.77. The lowest BCUT2D eigenvalue weighted by molar-refractivity contribution is -0.0403. The van der Waals surface area contributed by atoms with Crippen LogP contribution in [-0.4, -0.2) is 43.8 Å². The Morgan fingerprint density at radius 2 is 2.19 bits per heavy atom. The molecule has 1 heterocycles. The molecule has 0 saturated carbocycles. The molecule has 2 unspecified atom stereocenters. The standard InChI is InChI=1S/C12H27N3O/c1-10(2)5-4-6-11(14-13)12-9-15(3)7-8-16-12/h10-12,14H,4-9,13H2,1-3H3. The average Bonchev–Trinajstić information content (AvgIpc) is 2.24. The number of ether oxygens (including phenoxy) is 1. The molecule has 0 spiro atoms. The van der Waals surface area contributed by atoms with E-state index in [9.17, 15) is 0 Å². The Hall–Kier alpha value is -0.160. The van der Waals surface area contributed by atoms with E-state index in [0.717, 1.165) is 32.0 Å². The van der Waals surface area contributed by atoms with E-state index in [1.165, 1.54) is 12.8 Å². The third-order valence-corrected chi connectivity index (χ3v) is 3.26. The van der Waals surface area contributed by atoms with Crippen molar-refractivity contribution in [1.82, 2.24) is 10.3 Å². The number of hydrogen-bond acceptors (Lipinski definition) is 4. The van der Waals surface area contributed by atoms with Crippen molar-refractivity contribution in [2.24, 2.45) is 11.8 Å². The Morgan fingerprint density at radius 3 is 2.75 bits per heavy atom. The van der Waals surface area contributed by atoms with Crippen LogP contribution in [0.2, 0.25) is 0 Å². The van der Waals surface area contributed by atoms with Gasteiger partial charge in [-0.25, -0.2) is 0 Å². The quantitative estimate of drug-likeness (QED) is 0.526. The smallest absolute Gasteiger partial charge is 0.0868 e. The largest absolute Gasteiger partial charge is 0.374 e. The van der Waals surface area contributed by atoms with Crippen molar-refractivity contribution in [1.29, 1.82) is 0 Å². The molecular weight excluding hydrogens is 202 g/mol. The minimum Gasteiger partial charge on any atom is -0.374 e. The number of hydrazine groups is 1. The van der Waals surface area contributed by atoms with Crippen molar-refractivity contribution >= 4 is 0 Å². The minimum absolute atomic E-state index is 0.246. The number of nitrogens with zero attached hydrogens (tertiary/aromatic N) is 1. The van der Waals surface area contributed by atoms with Crippen LogP contribution in [-0.2, 0) is 4.74 Å². The lowest BCUT2D eigenvalue weighted by atomic mass is 9.99. The SMILES string of the molecule is CC(C)CCCC(NN)C1CN(C)CCO1. The summed E-state index contributed by atoms with van der Waals surface area (Å²) >= 11 is 0. The molecule has 0 aromatic carbocycles. The Balaban J connectivity index is 2.28. The van der Waals surface area contributed by atoms with Crippen LogP contribution in [0.25, 0.3) is 0 Å². The molecule has 3 N–H and O–H groups in total. The second-order valence-corrected chi connectivity index (χ2v) is 5.27. The highest BCUT2D eigenvalue weighted by atomic mass is 16.5. The minimum atomic E-state index is 0.246. The number of nitrogens with one attached hydrogen (secondary N) is 1. The fourth-order valence-electron chi connectivity index (χ4n) is 2.18. The number of morpholine rings is 1. The fourth-order valence-corrected chi connectivity index (χ4v) is 2.18. The van der Waals surface area contributed by atoms with Crippen molar-refractivity contribution < 1.29 is 4.74 Å². The van der Waals surface area contributed by atoms with Gasteiger partial charge in [0.2, 0.25) is 0 Å². The van der Waals surface area contributed by atoms with Gasteiger partial charge in [-0.3, -0.25) is 11.3 Å². The zero-order valence-corrected chi connectivity index (χ0v) is 10.9. The highest BCUT2D eigenvalue weighted by molar-refractivity contribution is 4.80. The van der Waals surface area contributed by atoms with E-state index < -0.39 is 0 Å². The predicted octanol–water partition coefficient (Wildman–Crippen LogP) is 0.975. The summed E-state index contributed by atoms with van der Waals surface area (Å²) in [7, 11) is 2.14. The Kier molecular flexibility index (Phi) is 6.28. The molecule has 1 aliphatic rings. The van der Waals surface area contributed by atoms with Crippen molar-refractivity contribution in [3.8, 4) is 0 Å². The lowest BCUT2D eigenvalue weighted by Gasteiger charge is -2.35. The maximum atomic E-state index is 5.77. The Morgan fingerprint density at radius 1 is 1.44 bits per heavy atom. The maximum absolute atomic E-state index is 5.77. The highest BCUT2D eigenvalue weighted by Crippen LogP contribution is 2.14. The van der Waals surface area contributed by atoms with Crippen molar-refractivity contribution in [2.45, 2.75) is 45.3 Å². The highest BCUT2D eigenvalue weighted by Gasteiger charge is 2.25. The van der Waals surface area contributed by atoms with Gasteiger partial charge in [-0.2, -0.15) is 0 Å². The summed E-state index contributed by atoms with van der Waals surface area (Å²) in [5.74, 6) is 6.39. The van der Waals surface area contributed by atoms with E-state index in [0.29, 0.717) is 6.04 Å². The van der Waals surface area contributed by atoms with Gasteiger partial charge in [0, 0.05) is 19.1 Å². The molecule has 1 fully saturated rings. The summed E-state index contributed by atoms with van der Waals surface area (Å²) in [6, 6.07) is 0.293. The first kappa shape index (κ1) is 13.9. The third kappa shape index (κ3) is 4.78. The van der Waals surface area contributed by atoms with Gasteiger partial charge in [0.05, 0.1) is 12.7 Å². The molecule has 1 aliphatic heterocycles. The molecule has 0 aromatic heterocycles. The van der Waals surface area contributed by atoms with Gasteiger partial charge in [0.25, 0.3) is 0 Å². The summed E-state index contributed by atoms with van der Waals surface area (Å²) in [6.45, 7) is 7.35. The molecule has 0 amide bonds. The number of likely N-dealkylation sites (N-methyl/N-ethyl adjacent to an activating group) is 1. The van der Waals surface area contributed by atoms with Gasteiger partial charge in [-0.15, -0.1) is 0 Å². The van der Waals surface area contributed by atoms with Crippen LogP contribution in [0, 0.1) is 5.92 Å². The predicted molar refractivity (Wildman–Crippen MR) is 67.0 cm³/mol. The van der Waals surface area contributed by atoms with Gasteiger partial charge in [0.15, 0.2) is 0 Å². The first-order chi connectivity index (χ1) is 7.63. The van der Waals surface area contributed by atoms with Gasteiger partial charge in [-0.05, 0) is 19.4 Å². The summed E-state index contributed by atoms with van der Waals surface area (Å²) in [6.07, 6.45) is 3.83. The number of rotatable bonds is 6. The summed E-state index contributed by atoms with van der Waals surface area (Å²) in [5, 5.41) is 0. The maximum Gasteiger partial charge on any atom is 0.0868 e. The van der Waals surface area contributed by atoms with Crippen LogP contribution < -0.4 is 11.3 Å². The van der Waals surface area contributed by atoms with Crippen molar-refractivity contribution in [3.05, 3.63) is 0 Å². The van der Waals surface area contributed by atoms with Crippen LogP contribution in [0.3, 0.4) is 0 Å². The van der Waals surface area contributed by atoms with E-state index in [1.807, 2.05) is 0 Å². The first-order valence-electron chi connectivity index (χ1n) is 6.39. The van der Waals surface area contributed by atoms with E-state index in [-0.39, 0.29) is 6.10 Å². The zero-order valence-electron chi connectivity index (χ0n) is 10.9. The summed E-state index contributed by atoms with van der Waals surface area (Å²) in [5.41, 5.74) is 2.91. The topological polar surface area (TPSA) is 50.5 Å². The fraction of sp³-hybridized carbons (Fsp3) is 1.00. The normalized spacial score (nSPS) is 24.9.